The number of anilines is 1. The van der Waals surface area contributed by atoms with Crippen LogP contribution >= 0.6 is 23.2 Å². The van der Waals surface area contributed by atoms with Gasteiger partial charge in [-0.05, 0) is 61.1 Å². The molecule has 128 valence electrons. The van der Waals surface area contributed by atoms with E-state index in [1.54, 1.807) is 0 Å². The fourth-order valence-electron chi connectivity index (χ4n) is 2.88. The van der Waals surface area contributed by atoms with Crippen molar-refractivity contribution < 1.29 is 0 Å². The van der Waals surface area contributed by atoms with Crippen LogP contribution in [0.5, 0.6) is 0 Å². The SMILES string of the molecule is C=C(C(C)Cc1c(Cl)cccc1Cl)N(CC)c1ccc(CC)cc1. The molecule has 1 unspecified atom stereocenters. The molecule has 0 N–H and O–H groups in total. The van der Waals surface area contributed by atoms with Crippen molar-refractivity contribution >= 4 is 28.9 Å². The molecule has 0 aliphatic carbocycles. The standard InChI is InChI=1S/C21H25Cl2N/c1-5-17-10-12-18(13-11-17)24(6-2)16(4)15(3)14-19-20(22)8-7-9-21(19)23/h7-13,15H,4-6,14H2,1-3H3. The van der Waals surface area contributed by atoms with Gasteiger partial charge in [0.05, 0.1) is 0 Å². The Labute approximate surface area is 155 Å². The molecule has 2 rings (SSSR count). The van der Waals surface area contributed by atoms with E-state index in [4.69, 9.17) is 23.2 Å². The number of halogens is 2. The summed E-state index contributed by atoms with van der Waals surface area (Å²) in [5, 5.41) is 1.44. The van der Waals surface area contributed by atoms with Gasteiger partial charge in [-0.15, -0.1) is 0 Å². The number of hydrogen-bond acceptors (Lipinski definition) is 1. The first-order valence-electron chi connectivity index (χ1n) is 8.46. The average molecular weight is 362 g/mol. The zero-order chi connectivity index (χ0) is 17.7. The van der Waals surface area contributed by atoms with Gasteiger partial charge in [0.15, 0.2) is 0 Å². The average Bonchev–Trinajstić information content (AvgIpc) is 2.59. The summed E-state index contributed by atoms with van der Waals surface area (Å²) in [6, 6.07) is 14.4. The van der Waals surface area contributed by atoms with Gasteiger partial charge in [0, 0.05) is 28.0 Å². The molecule has 2 aromatic rings. The van der Waals surface area contributed by atoms with Crippen LogP contribution in [0, 0.1) is 5.92 Å². The molecule has 0 aromatic heterocycles. The fraction of sp³-hybridized carbons (Fsp3) is 0.333. The molecule has 0 bridgehead atoms. The van der Waals surface area contributed by atoms with Crippen molar-refractivity contribution in [3.63, 3.8) is 0 Å². The fourth-order valence-corrected chi connectivity index (χ4v) is 3.43. The zero-order valence-corrected chi connectivity index (χ0v) is 16.2. The molecule has 0 aliphatic heterocycles. The van der Waals surface area contributed by atoms with E-state index in [1.807, 2.05) is 18.2 Å². The summed E-state index contributed by atoms with van der Waals surface area (Å²) in [4.78, 5) is 2.26. The third-order valence-corrected chi connectivity index (χ3v) is 5.17. The van der Waals surface area contributed by atoms with Crippen molar-refractivity contribution in [2.45, 2.75) is 33.6 Å². The lowest BCUT2D eigenvalue weighted by Crippen LogP contribution is -2.26. The zero-order valence-electron chi connectivity index (χ0n) is 14.7. The molecule has 0 radical (unpaired) electrons. The van der Waals surface area contributed by atoms with Gasteiger partial charge in [0.2, 0.25) is 0 Å². The highest BCUT2D eigenvalue weighted by Gasteiger charge is 2.18. The van der Waals surface area contributed by atoms with E-state index in [-0.39, 0.29) is 5.92 Å². The Balaban J connectivity index is 2.17. The Morgan fingerprint density at radius 3 is 2.12 bits per heavy atom. The van der Waals surface area contributed by atoms with Crippen LogP contribution in [0.2, 0.25) is 10.0 Å². The molecule has 3 heteroatoms. The maximum Gasteiger partial charge on any atom is 0.0453 e. The second-order valence-electron chi connectivity index (χ2n) is 6.06. The van der Waals surface area contributed by atoms with Crippen LogP contribution in [-0.2, 0) is 12.8 Å². The molecule has 0 aliphatic rings. The van der Waals surface area contributed by atoms with E-state index in [0.29, 0.717) is 0 Å². The summed E-state index contributed by atoms with van der Waals surface area (Å²) < 4.78 is 0. The maximum atomic E-state index is 6.31. The second-order valence-corrected chi connectivity index (χ2v) is 6.88. The Bertz CT molecular complexity index is 671. The van der Waals surface area contributed by atoms with Crippen LogP contribution in [0.15, 0.2) is 54.7 Å². The Morgan fingerprint density at radius 2 is 1.62 bits per heavy atom. The highest BCUT2D eigenvalue weighted by molar-refractivity contribution is 6.36. The summed E-state index contributed by atoms with van der Waals surface area (Å²) in [6.45, 7) is 11.7. The van der Waals surface area contributed by atoms with Crippen LogP contribution < -0.4 is 4.90 Å². The third kappa shape index (κ3) is 4.34. The minimum Gasteiger partial charge on any atom is -0.346 e. The number of allylic oxidation sites excluding steroid dienone is 1. The van der Waals surface area contributed by atoms with Crippen molar-refractivity contribution in [1.82, 2.24) is 0 Å². The summed E-state index contributed by atoms with van der Waals surface area (Å²) in [5.41, 5.74) is 4.60. The lowest BCUT2D eigenvalue weighted by molar-refractivity contribution is 0.646. The molecule has 1 nitrogen and oxygen atoms in total. The lowest BCUT2D eigenvalue weighted by atomic mass is 9.97. The molecule has 0 spiro atoms. The number of hydrogen-bond donors (Lipinski definition) is 0. The lowest BCUT2D eigenvalue weighted by Gasteiger charge is -2.30. The highest BCUT2D eigenvalue weighted by Crippen LogP contribution is 2.31. The van der Waals surface area contributed by atoms with Crippen LogP contribution in [0.4, 0.5) is 5.69 Å². The van der Waals surface area contributed by atoms with E-state index in [2.05, 4.69) is 56.5 Å². The van der Waals surface area contributed by atoms with Crippen LogP contribution in [-0.4, -0.2) is 6.54 Å². The van der Waals surface area contributed by atoms with Gasteiger partial charge >= 0.3 is 0 Å². The van der Waals surface area contributed by atoms with Crippen LogP contribution in [0.3, 0.4) is 0 Å². The van der Waals surface area contributed by atoms with Gasteiger partial charge in [0.25, 0.3) is 0 Å². The topological polar surface area (TPSA) is 3.24 Å². The predicted octanol–water partition coefficient (Wildman–Crippen LogP) is 6.77. The summed E-state index contributed by atoms with van der Waals surface area (Å²) in [5.74, 6) is 0.244. The Hall–Kier alpha value is -1.44. The van der Waals surface area contributed by atoms with E-state index >= 15 is 0 Å². The first-order valence-corrected chi connectivity index (χ1v) is 9.21. The molecule has 0 fully saturated rings. The van der Waals surface area contributed by atoms with E-state index < -0.39 is 0 Å². The molecule has 0 saturated carbocycles. The van der Waals surface area contributed by atoms with Gasteiger partial charge in [0.1, 0.15) is 0 Å². The summed E-state index contributed by atoms with van der Waals surface area (Å²) >= 11 is 12.6. The van der Waals surface area contributed by atoms with Gasteiger partial charge in [-0.1, -0.05) is 61.8 Å². The normalized spacial score (nSPS) is 12.0. The molecule has 24 heavy (non-hydrogen) atoms. The van der Waals surface area contributed by atoms with E-state index in [9.17, 15) is 0 Å². The maximum absolute atomic E-state index is 6.31. The minimum absolute atomic E-state index is 0.244. The predicted molar refractivity (Wildman–Crippen MR) is 107 cm³/mol. The van der Waals surface area contributed by atoms with Gasteiger partial charge in [-0.3, -0.25) is 0 Å². The highest BCUT2D eigenvalue weighted by atomic mass is 35.5. The molecule has 0 saturated heterocycles. The Kier molecular flexibility index (Phi) is 6.77. The minimum atomic E-state index is 0.244. The van der Waals surface area contributed by atoms with Crippen molar-refractivity contribution in [1.29, 1.82) is 0 Å². The van der Waals surface area contributed by atoms with E-state index in [0.717, 1.165) is 40.7 Å². The molecule has 0 heterocycles. The van der Waals surface area contributed by atoms with E-state index in [1.165, 1.54) is 11.3 Å². The Morgan fingerprint density at radius 1 is 1.04 bits per heavy atom. The van der Waals surface area contributed by atoms with Crippen molar-refractivity contribution in [2.24, 2.45) is 5.92 Å². The molecule has 0 amide bonds. The first kappa shape index (κ1) is 18.9. The number of rotatable bonds is 7. The van der Waals surface area contributed by atoms with Crippen molar-refractivity contribution in [3.05, 3.63) is 75.9 Å². The van der Waals surface area contributed by atoms with Crippen LogP contribution in [0.1, 0.15) is 31.9 Å². The molecular formula is C21H25Cl2N. The van der Waals surface area contributed by atoms with Crippen molar-refractivity contribution in [3.8, 4) is 0 Å². The van der Waals surface area contributed by atoms with Gasteiger partial charge in [-0.25, -0.2) is 0 Å². The first-order chi connectivity index (χ1) is 11.5. The second kappa shape index (κ2) is 8.60. The number of nitrogens with zero attached hydrogens (tertiary/aromatic N) is 1. The molecule has 2 aromatic carbocycles. The number of aryl methyl sites for hydroxylation is 1. The summed E-state index contributed by atoms with van der Waals surface area (Å²) in [7, 11) is 0. The largest absolute Gasteiger partial charge is 0.346 e. The quantitative estimate of drug-likeness (QED) is 0.525. The summed E-state index contributed by atoms with van der Waals surface area (Å²) in [6.07, 6.45) is 1.83. The number of benzene rings is 2. The van der Waals surface area contributed by atoms with Gasteiger partial charge in [-0.2, -0.15) is 0 Å². The molecular weight excluding hydrogens is 337 g/mol. The van der Waals surface area contributed by atoms with Crippen molar-refractivity contribution in [2.75, 3.05) is 11.4 Å². The van der Waals surface area contributed by atoms with Crippen LogP contribution in [0.25, 0.3) is 0 Å². The molecule has 1 atom stereocenters. The smallest absolute Gasteiger partial charge is 0.0453 e. The monoisotopic (exact) mass is 361 g/mol. The van der Waals surface area contributed by atoms with Gasteiger partial charge < -0.3 is 4.90 Å². The third-order valence-electron chi connectivity index (χ3n) is 4.46.